The molecule has 0 bridgehead atoms. The Balaban J connectivity index is 1.83. The van der Waals surface area contributed by atoms with Crippen LogP contribution >= 0.6 is 22.7 Å². The van der Waals surface area contributed by atoms with E-state index in [0.29, 0.717) is 6.54 Å². The predicted octanol–water partition coefficient (Wildman–Crippen LogP) is 1.99. The van der Waals surface area contributed by atoms with Gasteiger partial charge < -0.3 is 15.5 Å². The zero-order valence-electron chi connectivity index (χ0n) is 11.6. The summed E-state index contributed by atoms with van der Waals surface area (Å²) in [6.07, 6.45) is 2.01. The van der Waals surface area contributed by atoms with Crippen molar-refractivity contribution in [1.29, 1.82) is 0 Å². The molecule has 1 saturated heterocycles. The maximum Gasteiger partial charge on any atom is 0.264 e. The monoisotopic (exact) mass is 310 g/mol. The Bertz CT molecular complexity index is 602. The summed E-state index contributed by atoms with van der Waals surface area (Å²) in [6.45, 7) is 1.48. The lowest BCUT2D eigenvalue weighted by Gasteiger charge is -2.30. The summed E-state index contributed by atoms with van der Waals surface area (Å²) >= 11 is 3.10. The number of fused-ring (bicyclic) bond motifs is 1. The summed E-state index contributed by atoms with van der Waals surface area (Å²) in [6, 6.07) is 2.08. The van der Waals surface area contributed by atoms with Gasteiger partial charge in [0.2, 0.25) is 0 Å². The van der Waals surface area contributed by atoms with E-state index < -0.39 is 0 Å². The van der Waals surface area contributed by atoms with Crippen LogP contribution < -0.4 is 10.6 Å². The van der Waals surface area contributed by atoms with Crippen molar-refractivity contribution in [3.63, 3.8) is 0 Å². The van der Waals surface area contributed by atoms with Gasteiger partial charge in [-0.15, -0.1) is 11.3 Å². The molecule has 1 aliphatic heterocycles. The smallest absolute Gasteiger partial charge is 0.264 e. The minimum Gasteiger partial charge on any atom is -0.354 e. The summed E-state index contributed by atoms with van der Waals surface area (Å²) in [5, 5.41) is 0.977. The SMILES string of the molecule is CN(C)c1nc2sc(C(=O)N3CCCC(N)C3)cc2s1. The number of hydrogen-bond acceptors (Lipinski definition) is 6. The quantitative estimate of drug-likeness (QED) is 0.921. The third-order valence-electron chi connectivity index (χ3n) is 3.42. The van der Waals surface area contributed by atoms with E-state index in [9.17, 15) is 4.79 Å². The summed E-state index contributed by atoms with van der Waals surface area (Å²) in [4.78, 5) is 22.6. The number of nitrogens with zero attached hydrogens (tertiary/aromatic N) is 3. The molecular formula is C13H18N4OS2. The van der Waals surface area contributed by atoms with Crippen molar-refractivity contribution < 1.29 is 4.79 Å². The number of nitrogens with two attached hydrogens (primary N) is 1. The molecule has 3 heterocycles. The van der Waals surface area contributed by atoms with Gasteiger partial charge in [-0.3, -0.25) is 4.79 Å². The molecule has 1 fully saturated rings. The number of anilines is 1. The van der Waals surface area contributed by atoms with Crippen molar-refractivity contribution in [2.24, 2.45) is 5.73 Å². The first-order chi connectivity index (χ1) is 9.54. The average Bonchev–Trinajstić information content (AvgIpc) is 2.95. The Morgan fingerprint density at radius 3 is 2.95 bits per heavy atom. The van der Waals surface area contributed by atoms with Gasteiger partial charge in [0.1, 0.15) is 4.83 Å². The molecule has 2 N–H and O–H groups in total. The fourth-order valence-corrected chi connectivity index (χ4v) is 4.47. The molecule has 0 spiro atoms. The zero-order valence-corrected chi connectivity index (χ0v) is 13.3. The molecule has 0 aliphatic carbocycles. The average molecular weight is 310 g/mol. The molecular weight excluding hydrogens is 292 g/mol. The number of thiophene rings is 1. The van der Waals surface area contributed by atoms with Gasteiger partial charge in [-0.25, -0.2) is 4.98 Å². The number of carbonyl (C=O) groups excluding carboxylic acids is 1. The second-order valence-electron chi connectivity index (χ2n) is 5.32. The van der Waals surface area contributed by atoms with Gasteiger partial charge in [0.25, 0.3) is 5.91 Å². The van der Waals surface area contributed by atoms with E-state index in [2.05, 4.69) is 4.98 Å². The van der Waals surface area contributed by atoms with Crippen LogP contribution in [0.15, 0.2) is 6.07 Å². The number of amides is 1. The van der Waals surface area contributed by atoms with Crippen molar-refractivity contribution in [3.05, 3.63) is 10.9 Å². The Hall–Kier alpha value is -1.18. The van der Waals surface area contributed by atoms with Gasteiger partial charge in [0.05, 0.1) is 9.58 Å². The van der Waals surface area contributed by atoms with Crippen molar-refractivity contribution >= 4 is 43.2 Å². The Labute approximate surface area is 126 Å². The van der Waals surface area contributed by atoms with Crippen LogP contribution in [0.25, 0.3) is 9.53 Å². The molecule has 1 aliphatic rings. The van der Waals surface area contributed by atoms with Crippen molar-refractivity contribution in [2.45, 2.75) is 18.9 Å². The third kappa shape index (κ3) is 2.53. The molecule has 0 aromatic carbocycles. The van der Waals surface area contributed by atoms with E-state index in [1.165, 1.54) is 11.3 Å². The lowest BCUT2D eigenvalue weighted by molar-refractivity contribution is 0.0714. The molecule has 1 unspecified atom stereocenters. The lowest BCUT2D eigenvalue weighted by Crippen LogP contribution is -2.45. The van der Waals surface area contributed by atoms with Gasteiger partial charge >= 0.3 is 0 Å². The Morgan fingerprint density at radius 1 is 1.50 bits per heavy atom. The molecule has 108 valence electrons. The summed E-state index contributed by atoms with van der Waals surface area (Å²) in [5.41, 5.74) is 5.94. The summed E-state index contributed by atoms with van der Waals surface area (Å²) in [5.74, 6) is 0.0988. The number of likely N-dealkylation sites (tertiary alicyclic amines) is 1. The van der Waals surface area contributed by atoms with Crippen molar-refractivity contribution in [2.75, 3.05) is 32.1 Å². The predicted molar refractivity (Wildman–Crippen MR) is 84.9 cm³/mol. The number of aromatic nitrogens is 1. The second kappa shape index (κ2) is 5.31. The Morgan fingerprint density at radius 2 is 2.30 bits per heavy atom. The summed E-state index contributed by atoms with van der Waals surface area (Å²) in [7, 11) is 3.95. The molecule has 5 nitrogen and oxygen atoms in total. The molecule has 7 heteroatoms. The molecule has 0 radical (unpaired) electrons. The van der Waals surface area contributed by atoms with Crippen LogP contribution in [0.2, 0.25) is 0 Å². The standard InChI is InChI=1S/C13H18N4OS2/c1-16(2)13-15-11-9(20-13)6-10(19-11)12(18)17-5-3-4-8(14)7-17/h6,8H,3-5,7,14H2,1-2H3. The van der Waals surface area contributed by atoms with E-state index in [1.807, 2.05) is 30.0 Å². The molecule has 1 amide bonds. The highest BCUT2D eigenvalue weighted by Crippen LogP contribution is 2.34. The number of hydrogen-bond donors (Lipinski definition) is 1. The zero-order chi connectivity index (χ0) is 14.3. The van der Waals surface area contributed by atoms with Crippen LogP contribution in [0, 0.1) is 0 Å². The number of thiazole rings is 1. The van der Waals surface area contributed by atoms with Gasteiger partial charge in [0.15, 0.2) is 5.13 Å². The Kier molecular flexibility index (Phi) is 3.66. The molecule has 2 aromatic rings. The van der Waals surface area contributed by atoms with Gasteiger partial charge in [-0.2, -0.15) is 0 Å². The highest BCUT2D eigenvalue weighted by Gasteiger charge is 2.24. The molecule has 1 atom stereocenters. The second-order valence-corrected chi connectivity index (χ2v) is 7.36. The fraction of sp³-hybridized carbons (Fsp3) is 0.538. The highest BCUT2D eigenvalue weighted by molar-refractivity contribution is 7.29. The van der Waals surface area contributed by atoms with Crippen LogP contribution in [0.4, 0.5) is 5.13 Å². The van der Waals surface area contributed by atoms with E-state index in [1.54, 1.807) is 11.3 Å². The molecule has 2 aromatic heterocycles. The minimum atomic E-state index is 0.0988. The van der Waals surface area contributed by atoms with Gasteiger partial charge in [-0.05, 0) is 18.9 Å². The van der Waals surface area contributed by atoms with E-state index in [4.69, 9.17) is 5.73 Å². The van der Waals surface area contributed by atoms with Crippen LogP contribution in [0.1, 0.15) is 22.5 Å². The lowest BCUT2D eigenvalue weighted by atomic mass is 10.1. The van der Waals surface area contributed by atoms with Crippen LogP contribution in [-0.4, -0.2) is 49.0 Å². The van der Waals surface area contributed by atoms with Gasteiger partial charge in [-0.1, -0.05) is 11.3 Å². The van der Waals surface area contributed by atoms with E-state index in [-0.39, 0.29) is 11.9 Å². The topological polar surface area (TPSA) is 62.5 Å². The molecule has 3 rings (SSSR count). The maximum atomic E-state index is 12.5. The molecule has 0 saturated carbocycles. The first kappa shape index (κ1) is 13.8. The van der Waals surface area contributed by atoms with Crippen molar-refractivity contribution in [3.8, 4) is 0 Å². The van der Waals surface area contributed by atoms with E-state index in [0.717, 1.165) is 38.9 Å². The first-order valence-electron chi connectivity index (χ1n) is 6.67. The summed E-state index contributed by atoms with van der Waals surface area (Å²) < 4.78 is 1.09. The fourth-order valence-electron chi connectivity index (χ4n) is 2.37. The third-order valence-corrected chi connectivity index (χ3v) is 5.73. The normalized spacial score (nSPS) is 19.6. The number of rotatable bonds is 2. The largest absolute Gasteiger partial charge is 0.354 e. The number of carbonyl (C=O) groups is 1. The van der Waals surface area contributed by atoms with Crippen LogP contribution in [0.5, 0.6) is 0 Å². The van der Waals surface area contributed by atoms with Crippen LogP contribution in [-0.2, 0) is 0 Å². The molecule has 20 heavy (non-hydrogen) atoms. The number of piperidine rings is 1. The van der Waals surface area contributed by atoms with Crippen LogP contribution in [0.3, 0.4) is 0 Å². The minimum absolute atomic E-state index is 0.0988. The van der Waals surface area contributed by atoms with E-state index >= 15 is 0 Å². The van der Waals surface area contributed by atoms with Crippen molar-refractivity contribution in [1.82, 2.24) is 9.88 Å². The first-order valence-corrected chi connectivity index (χ1v) is 8.30. The highest BCUT2D eigenvalue weighted by atomic mass is 32.1. The maximum absolute atomic E-state index is 12.5. The van der Waals surface area contributed by atoms with Gasteiger partial charge in [0, 0.05) is 33.2 Å².